The van der Waals surface area contributed by atoms with E-state index in [4.69, 9.17) is 0 Å². The number of para-hydroxylation sites is 1. The molecule has 1 nitrogen and oxygen atoms in total. The highest BCUT2D eigenvalue weighted by Crippen LogP contribution is 2.28. The number of fused-ring (bicyclic) bond motifs is 1. The van der Waals surface area contributed by atoms with Gasteiger partial charge in [0.25, 0.3) is 0 Å². The van der Waals surface area contributed by atoms with E-state index < -0.39 is 0 Å². The third kappa shape index (κ3) is 1.50. The van der Waals surface area contributed by atoms with Gasteiger partial charge in [-0.05, 0) is 23.1 Å². The van der Waals surface area contributed by atoms with E-state index in [-0.39, 0.29) is 5.41 Å². The van der Waals surface area contributed by atoms with Crippen molar-refractivity contribution in [1.82, 2.24) is 4.98 Å². The summed E-state index contributed by atoms with van der Waals surface area (Å²) < 4.78 is 0. The minimum atomic E-state index is 0.183. The summed E-state index contributed by atoms with van der Waals surface area (Å²) in [6.07, 6.45) is 1.89. The Morgan fingerprint density at radius 2 is 1.71 bits per heavy atom. The van der Waals surface area contributed by atoms with Crippen molar-refractivity contribution in [3.8, 4) is 0 Å². The molecule has 1 heteroatoms. The fourth-order valence-electron chi connectivity index (χ4n) is 1.75. The van der Waals surface area contributed by atoms with Crippen molar-refractivity contribution in [2.75, 3.05) is 0 Å². The number of hydrogen-bond donors (Lipinski definition) is 0. The minimum absolute atomic E-state index is 0.183. The number of rotatable bonds is 0. The predicted octanol–water partition coefficient (Wildman–Crippen LogP) is 3.53. The zero-order valence-electron chi connectivity index (χ0n) is 8.91. The Balaban J connectivity index is 2.78. The van der Waals surface area contributed by atoms with Crippen LogP contribution in [0.5, 0.6) is 0 Å². The molecule has 0 spiro atoms. The van der Waals surface area contributed by atoms with Crippen LogP contribution >= 0.6 is 0 Å². The standard InChI is InChI=1S/C13H15N/c1-13(2,3)11-8-9-14-12-7-5-4-6-10(11)12/h4-9H,1-3H3. The molecule has 0 fully saturated rings. The van der Waals surface area contributed by atoms with Crippen molar-refractivity contribution in [1.29, 1.82) is 0 Å². The summed E-state index contributed by atoms with van der Waals surface area (Å²) in [4.78, 5) is 4.36. The number of hydrogen-bond acceptors (Lipinski definition) is 1. The van der Waals surface area contributed by atoms with Gasteiger partial charge >= 0.3 is 0 Å². The fourth-order valence-corrected chi connectivity index (χ4v) is 1.75. The second-order valence-corrected chi connectivity index (χ2v) is 4.63. The largest absolute Gasteiger partial charge is 0.256 e. The first-order valence-electron chi connectivity index (χ1n) is 4.93. The molecule has 0 aliphatic carbocycles. The van der Waals surface area contributed by atoms with Gasteiger partial charge in [-0.15, -0.1) is 0 Å². The number of nitrogens with zero attached hydrogens (tertiary/aromatic N) is 1. The summed E-state index contributed by atoms with van der Waals surface area (Å²) >= 11 is 0. The summed E-state index contributed by atoms with van der Waals surface area (Å²) in [5.41, 5.74) is 2.63. The highest BCUT2D eigenvalue weighted by atomic mass is 14.6. The molecule has 0 amide bonds. The second kappa shape index (κ2) is 3.09. The topological polar surface area (TPSA) is 12.9 Å². The molecule has 0 saturated heterocycles. The summed E-state index contributed by atoms with van der Waals surface area (Å²) in [5, 5.41) is 1.27. The molecule has 0 unspecified atom stereocenters. The smallest absolute Gasteiger partial charge is 0.0704 e. The van der Waals surface area contributed by atoms with Crippen LogP contribution in [-0.4, -0.2) is 4.98 Å². The van der Waals surface area contributed by atoms with Gasteiger partial charge in [-0.2, -0.15) is 0 Å². The minimum Gasteiger partial charge on any atom is -0.256 e. The van der Waals surface area contributed by atoms with Gasteiger partial charge in [-0.3, -0.25) is 4.98 Å². The van der Waals surface area contributed by atoms with E-state index in [2.05, 4.69) is 50.0 Å². The van der Waals surface area contributed by atoms with Crippen LogP contribution in [0.25, 0.3) is 10.9 Å². The molecule has 14 heavy (non-hydrogen) atoms. The SMILES string of the molecule is CC(C)(C)c1ccnc2ccccc12. The molecule has 0 bridgehead atoms. The van der Waals surface area contributed by atoms with Crippen LogP contribution in [0, 0.1) is 0 Å². The van der Waals surface area contributed by atoms with Gasteiger partial charge in [0.05, 0.1) is 5.52 Å². The molecule has 72 valence electrons. The van der Waals surface area contributed by atoms with Crippen LogP contribution < -0.4 is 0 Å². The highest BCUT2D eigenvalue weighted by Gasteiger charge is 2.16. The summed E-state index contributed by atoms with van der Waals surface area (Å²) in [6, 6.07) is 10.4. The van der Waals surface area contributed by atoms with E-state index in [0.717, 1.165) is 5.52 Å². The van der Waals surface area contributed by atoms with E-state index in [0.29, 0.717) is 0 Å². The normalized spacial score (nSPS) is 11.9. The van der Waals surface area contributed by atoms with Gasteiger partial charge < -0.3 is 0 Å². The first kappa shape index (κ1) is 9.20. The first-order chi connectivity index (χ1) is 6.59. The van der Waals surface area contributed by atoms with Gasteiger partial charge in [0.1, 0.15) is 0 Å². The van der Waals surface area contributed by atoms with Crippen molar-refractivity contribution < 1.29 is 0 Å². The van der Waals surface area contributed by atoms with E-state index in [1.165, 1.54) is 10.9 Å². The molecule has 0 aliphatic rings. The lowest BCUT2D eigenvalue weighted by Crippen LogP contribution is -2.11. The monoisotopic (exact) mass is 185 g/mol. The van der Waals surface area contributed by atoms with E-state index in [1.807, 2.05) is 12.3 Å². The lowest BCUT2D eigenvalue weighted by atomic mass is 9.85. The third-order valence-electron chi connectivity index (χ3n) is 2.46. The van der Waals surface area contributed by atoms with Crippen LogP contribution in [0.4, 0.5) is 0 Å². The molecule has 0 aliphatic heterocycles. The Morgan fingerprint density at radius 3 is 2.43 bits per heavy atom. The lowest BCUT2D eigenvalue weighted by molar-refractivity contribution is 0.595. The van der Waals surface area contributed by atoms with Crippen molar-refractivity contribution in [2.24, 2.45) is 0 Å². The average molecular weight is 185 g/mol. The van der Waals surface area contributed by atoms with Crippen molar-refractivity contribution in [3.63, 3.8) is 0 Å². The van der Waals surface area contributed by atoms with Crippen LogP contribution in [0.3, 0.4) is 0 Å². The molecule has 2 aromatic rings. The van der Waals surface area contributed by atoms with Crippen molar-refractivity contribution in [2.45, 2.75) is 26.2 Å². The van der Waals surface area contributed by atoms with Gasteiger partial charge in [0, 0.05) is 11.6 Å². The van der Waals surface area contributed by atoms with Gasteiger partial charge in [-0.1, -0.05) is 39.0 Å². The Morgan fingerprint density at radius 1 is 1.00 bits per heavy atom. The Hall–Kier alpha value is -1.37. The Bertz CT molecular complexity index is 447. The zero-order valence-corrected chi connectivity index (χ0v) is 8.91. The molecule has 0 atom stereocenters. The quantitative estimate of drug-likeness (QED) is 0.611. The molecule has 1 aromatic carbocycles. The maximum atomic E-state index is 4.36. The van der Waals surface area contributed by atoms with E-state index >= 15 is 0 Å². The predicted molar refractivity (Wildman–Crippen MR) is 60.4 cm³/mol. The van der Waals surface area contributed by atoms with Crippen LogP contribution in [0.1, 0.15) is 26.3 Å². The maximum absolute atomic E-state index is 4.36. The summed E-state index contributed by atoms with van der Waals surface area (Å²) in [6.45, 7) is 6.69. The Labute approximate surface area is 84.8 Å². The molecular weight excluding hydrogens is 170 g/mol. The summed E-state index contributed by atoms with van der Waals surface area (Å²) in [7, 11) is 0. The molecule has 0 N–H and O–H groups in total. The van der Waals surface area contributed by atoms with Crippen LogP contribution in [-0.2, 0) is 5.41 Å². The molecule has 0 saturated carbocycles. The second-order valence-electron chi connectivity index (χ2n) is 4.63. The molecule has 0 radical (unpaired) electrons. The van der Waals surface area contributed by atoms with Gasteiger partial charge in [-0.25, -0.2) is 0 Å². The zero-order chi connectivity index (χ0) is 10.2. The molecular formula is C13H15N. The maximum Gasteiger partial charge on any atom is 0.0704 e. The molecule has 1 aromatic heterocycles. The molecule has 1 heterocycles. The summed E-state index contributed by atoms with van der Waals surface area (Å²) in [5.74, 6) is 0. The van der Waals surface area contributed by atoms with Crippen LogP contribution in [0.2, 0.25) is 0 Å². The third-order valence-corrected chi connectivity index (χ3v) is 2.46. The fraction of sp³-hybridized carbons (Fsp3) is 0.308. The first-order valence-corrected chi connectivity index (χ1v) is 4.93. The Kier molecular flexibility index (Phi) is 2.03. The average Bonchev–Trinajstić information content (AvgIpc) is 2.15. The van der Waals surface area contributed by atoms with Crippen molar-refractivity contribution in [3.05, 3.63) is 42.1 Å². The van der Waals surface area contributed by atoms with Gasteiger partial charge in [0.2, 0.25) is 0 Å². The molecule has 2 rings (SSSR count). The van der Waals surface area contributed by atoms with Crippen molar-refractivity contribution >= 4 is 10.9 Å². The van der Waals surface area contributed by atoms with E-state index in [9.17, 15) is 0 Å². The van der Waals surface area contributed by atoms with E-state index in [1.54, 1.807) is 0 Å². The number of aromatic nitrogens is 1. The number of pyridine rings is 1. The number of benzene rings is 1. The van der Waals surface area contributed by atoms with Gasteiger partial charge in [0.15, 0.2) is 0 Å². The van der Waals surface area contributed by atoms with Crippen LogP contribution in [0.15, 0.2) is 36.5 Å². The highest BCUT2D eigenvalue weighted by molar-refractivity contribution is 5.82. The lowest BCUT2D eigenvalue weighted by Gasteiger charge is -2.20.